The number of ketones is 1. The van der Waals surface area contributed by atoms with Crippen molar-refractivity contribution in [1.29, 1.82) is 0 Å². The van der Waals surface area contributed by atoms with Gasteiger partial charge in [0.2, 0.25) is 5.78 Å². The molecular weight excluding hydrogens is 220 g/mol. The van der Waals surface area contributed by atoms with E-state index in [2.05, 4.69) is 5.10 Å². The summed E-state index contributed by atoms with van der Waals surface area (Å²) in [5, 5.41) is 3.99. The van der Waals surface area contributed by atoms with E-state index in [0.717, 1.165) is 12.2 Å². The molecule has 0 aliphatic carbocycles. The minimum atomic E-state index is -0.221. The fourth-order valence-corrected chi connectivity index (χ4v) is 1.63. The van der Waals surface area contributed by atoms with Gasteiger partial charge in [-0.1, -0.05) is 6.92 Å². The van der Waals surface area contributed by atoms with Gasteiger partial charge in [-0.05, 0) is 12.1 Å². The van der Waals surface area contributed by atoms with Crippen molar-refractivity contribution in [3.8, 4) is 5.75 Å². The molecular formula is C12H14N2O3. The van der Waals surface area contributed by atoms with Crippen LogP contribution in [0.4, 0.5) is 0 Å². The van der Waals surface area contributed by atoms with Crippen LogP contribution in [-0.4, -0.2) is 22.7 Å². The average Bonchev–Trinajstić information content (AvgIpc) is 2.94. The monoisotopic (exact) mass is 234 g/mol. The van der Waals surface area contributed by atoms with Crippen LogP contribution in [0.3, 0.4) is 0 Å². The highest BCUT2D eigenvalue weighted by molar-refractivity contribution is 6.07. The molecule has 2 aromatic heterocycles. The van der Waals surface area contributed by atoms with E-state index in [1.807, 2.05) is 6.92 Å². The average molecular weight is 234 g/mol. The molecule has 0 unspecified atom stereocenters. The van der Waals surface area contributed by atoms with Crippen molar-refractivity contribution in [2.75, 3.05) is 7.11 Å². The zero-order chi connectivity index (χ0) is 12.4. The molecule has 0 aliphatic rings. The van der Waals surface area contributed by atoms with Crippen molar-refractivity contribution < 1.29 is 13.9 Å². The number of furan rings is 1. The maximum absolute atomic E-state index is 12.2. The second-order valence-electron chi connectivity index (χ2n) is 3.63. The molecule has 2 rings (SSSR count). The summed E-state index contributed by atoms with van der Waals surface area (Å²) in [5.74, 6) is 1.33. The minimum Gasteiger partial charge on any atom is -0.493 e. The summed E-state index contributed by atoms with van der Waals surface area (Å²) in [5.41, 5.74) is 0.393. The lowest BCUT2D eigenvalue weighted by Crippen LogP contribution is -2.08. The zero-order valence-corrected chi connectivity index (χ0v) is 10.1. The van der Waals surface area contributed by atoms with Crippen molar-refractivity contribution in [3.63, 3.8) is 0 Å². The number of rotatable bonds is 4. The lowest BCUT2D eigenvalue weighted by atomic mass is 10.2. The van der Waals surface area contributed by atoms with Gasteiger partial charge >= 0.3 is 0 Å². The molecule has 0 aromatic carbocycles. The molecule has 0 atom stereocenters. The van der Waals surface area contributed by atoms with Gasteiger partial charge in [0.1, 0.15) is 5.76 Å². The van der Waals surface area contributed by atoms with Gasteiger partial charge in [0.05, 0.1) is 13.3 Å². The highest BCUT2D eigenvalue weighted by Gasteiger charge is 2.22. The Bertz CT molecular complexity index is 540. The minimum absolute atomic E-state index is 0.221. The fraction of sp³-hybridized carbons (Fsp3) is 0.333. The lowest BCUT2D eigenvalue weighted by Gasteiger charge is -2.02. The van der Waals surface area contributed by atoms with Gasteiger partial charge in [-0.25, -0.2) is 0 Å². The van der Waals surface area contributed by atoms with E-state index >= 15 is 0 Å². The molecule has 2 heterocycles. The van der Waals surface area contributed by atoms with Gasteiger partial charge in [0.15, 0.2) is 17.2 Å². The van der Waals surface area contributed by atoms with Crippen LogP contribution in [-0.2, 0) is 13.5 Å². The topological polar surface area (TPSA) is 57.3 Å². The first-order chi connectivity index (χ1) is 8.17. The fourth-order valence-electron chi connectivity index (χ4n) is 1.63. The van der Waals surface area contributed by atoms with Crippen molar-refractivity contribution >= 4 is 5.78 Å². The van der Waals surface area contributed by atoms with E-state index in [0.29, 0.717) is 17.2 Å². The Labute approximate surface area is 99.0 Å². The number of hydrogen-bond donors (Lipinski definition) is 0. The highest BCUT2D eigenvalue weighted by Crippen LogP contribution is 2.21. The number of nitrogens with zero attached hydrogens (tertiary/aromatic N) is 2. The second-order valence-corrected chi connectivity index (χ2v) is 3.63. The summed E-state index contributed by atoms with van der Waals surface area (Å²) in [6, 6.07) is 3.48. The Balaban J connectivity index is 2.39. The summed E-state index contributed by atoms with van der Waals surface area (Å²) in [4.78, 5) is 12.2. The van der Waals surface area contributed by atoms with E-state index in [1.54, 1.807) is 19.2 Å². The Morgan fingerprint density at radius 2 is 2.29 bits per heavy atom. The number of ether oxygens (including phenoxy) is 1. The van der Waals surface area contributed by atoms with Crippen LogP contribution < -0.4 is 4.74 Å². The predicted octanol–water partition coefficient (Wildman–Crippen LogP) is 1.82. The molecule has 0 saturated carbocycles. The molecule has 0 N–H and O–H groups in total. The molecule has 5 heteroatoms. The van der Waals surface area contributed by atoms with Gasteiger partial charge in [-0.3, -0.25) is 9.48 Å². The molecule has 0 spiro atoms. The number of aryl methyl sites for hydroxylation is 2. The van der Waals surface area contributed by atoms with E-state index in [9.17, 15) is 4.79 Å². The molecule has 0 saturated heterocycles. The molecule has 0 amide bonds. The van der Waals surface area contributed by atoms with Crippen molar-refractivity contribution in [2.24, 2.45) is 7.05 Å². The maximum atomic E-state index is 12.2. The normalized spacial score (nSPS) is 10.5. The number of aromatic nitrogens is 2. The Hall–Kier alpha value is -2.04. The van der Waals surface area contributed by atoms with Crippen LogP contribution in [0.1, 0.15) is 28.9 Å². The van der Waals surface area contributed by atoms with Crippen LogP contribution >= 0.6 is 0 Å². The van der Waals surface area contributed by atoms with E-state index in [4.69, 9.17) is 9.15 Å². The zero-order valence-electron chi connectivity index (χ0n) is 10.1. The van der Waals surface area contributed by atoms with Gasteiger partial charge in [-0.15, -0.1) is 0 Å². The molecule has 5 nitrogen and oxygen atoms in total. The molecule has 17 heavy (non-hydrogen) atoms. The summed E-state index contributed by atoms with van der Waals surface area (Å²) in [6.45, 7) is 1.97. The first kappa shape index (κ1) is 11.4. The van der Waals surface area contributed by atoms with Crippen LogP contribution in [0.25, 0.3) is 0 Å². The third-order valence-electron chi connectivity index (χ3n) is 2.57. The van der Waals surface area contributed by atoms with Gasteiger partial charge in [-0.2, -0.15) is 5.10 Å². The number of carbonyl (C=O) groups is 1. The van der Waals surface area contributed by atoms with E-state index < -0.39 is 0 Å². The van der Waals surface area contributed by atoms with Crippen LogP contribution in [0.15, 0.2) is 22.7 Å². The predicted molar refractivity (Wildman–Crippen MR) is 61.3 cm³/mol. The quantitative estimate of drug-likeness (QED) is 0.757. The van der Waals surface area contributed by atoms with Crippen molar-refractivity contribution in [3.05, 3.63) is 35.5 Å². The van der Waals surface area contributed by atoms with E-state index in [-0.39, 0.29) is 5.78 Å². The molecule has 0 aliphatic heterocycles. The molecule has 0 bridgehead atoms. The number of methoxy groups -OCH3 is 1. The lowest BCUT2D eigenvalue weighted by molar-refractivity contribution is 0.0995. The molecule has 0 fully saturated rings. The molecule has 2 aromatic rings. The van der Waals surface area contributed by atoms with Gasteiger partial charge in [0, 0.05) is 13.5 Å². The van der Waals surface area contributed by atoms with Crippen molar-refractivity contribution in [1.82, 2.24) is 9.78 Å². The smallest absolute Gasteiger partial charge is 0.249 e. The maximum Gasteiger partial charge on any atom is 0.249 e. The summed E-state index contributed by atoms with van der Waals surface area (Å²) < 4.78 is 12.0. The van der Waals surface area contributed by atoms with E-state index in [1.165, 1.54) is 18.0 Å². The van der Waals surface area contributed by atoms with Crippen LogP contribution in [0, 0.1) is 0 Å². The van der Waals surface area contributed by atoms with Crippen LogP contribution in [0.2, 0.25) is 0 Å². The first-order valence-corrected chi connectivity index (χ1v) is 5.36. The first-order valence-electron chi connectivity index (χ1n) is 5.36. The summed E-state index contributed by atoms with van der Waals surface area (Å²) in [6.07, 6.45) is 2.27. The van der Waals surface area contributed by atoms with Crippen LogP contribution in [0.5, 0.6) is 5.75 Å². The van der Waals surface area contributed by atoms with Gasteiger partial charge in [0.25, 0.3) is 0 Å². The SMILES string of the molecule is CCc1ccc(C(=O)c2c(OC)cnn2C)o1. The largest absolute Gasteiger partial charge is 0.493 e. The third kappa shape index (κ3) is 1.95. The van der Waals surface area contributed by atoms with Crippen molar-refractivity contribution in [2.45, 2.75) is 13.3 Å². The number of hydrogen-bond acceptors (Lipinski definition) is 4. The Kier molecular flexibility index (Phi) is 2.99. The number of carbonyl (C=O) groups excluding carboxylic acids is 1. The van der Waals surface area contributed by atoms with Gasteiger partial charge < -0.3 is 9.15 Å². The Morgan fingerprint density at radius 3 is 2.88 bits per heavy atom. The second kappa shape index (κ2) is 4.45. The summed E-state index contributed by atoms with van der Waals surface area (Å²) in [7, 11) is 3.20. The molecule has 0 radical (unpaired) electrons. The highest BCUT2D eigenvalue weighted by atomic mass is 16.5. The molecule has 90 valence electrons. The third-order valence-corrected chi connectivity index (χ3v) is 2.57. The Morgan fingerprint density at radius 1 is 1.53 bits per heavy atom. The summed E-state index contributed by atoms with van der Waals surface area (Å²) >= 11 is 0. The standard InChI is InChI=1S/C12H14N2O3/c1-4-8-5-6-9(17-8)12(15)11-10(16-3)7-13-14(11)2/h5-7H,4H2,1-3H3.